The molecule has 0 aromatic rings. The van der Waals surface area contributed by atoms with Crippen LogP contribution in [0.1, 0.15) is 25.7 Å². The molecule has 0 heterocycles. The molecule has 3 nitrogen and oxygen atoms in total. The average Bonchev–Trinajstić information content (AvgIpc) is 2.09. The Balaban J connectivity index is 2.01. The van der Waals surface area contributed by atoms with E-state index in [1.807, 2.05) is 0 Å². The standard InChI is InChI=1S/C9H20N2O/c1-12-7-6-11-9-4-2-8(10)3-5-9/h8-9,11H,2-7,10H2,1H3/t8-,9-. The van der Waals surface area contributed by atoms with Crippen LogP contribution < -0.4 is 11.1 Å². The Bertz CT molecular complexity index is 111. The van der Waals surface area contributed by atoms with Crippen LogP contribution in [0.5, 0.6) is 0 Å². The number of hydrogen-bond donors (Lipinski definition) is 2. The summed E-state index contributed by atoms with van der Waals surface area (Å²) in [5.74, 6) is 0. The first-order valence-electron chi connectivity index (χ1n) is 4.81. The lowest BCUT2D eigenvalue weighted by atomic mass is 9.92. The van der Waals surface area contributed by atoms with Gasteiger partial charge >= 0.3 is 0 Å². The second kappa shape index (κ2) is 5.51. The zero-order valence-electron chi connectivity index (χ0n) is 7.88. The van der Waals surface area contributed by atoms with E-state index in [0.717, 1.165) is 13.2 Å². The molecule has 1 fully saturated rings. The van der Waals surface area contributed by atoms with E-state index < -0.39 is 0 Å². The minimum absolute atomic E-state index is 0.450. The number of nitrogens with one attached hydrogen (secondary N) is 1. The maximum absolute atomic E-state index is 5.80. The molecule has 0 aromatic heterocycles. The van der Waals surface area contributed by atoms with E-state index in [1.54, 1.807) is 7.11 Å². The lowest BCUT2D eigenvalue weighted by Crippen LogP contribution is -2.38. The van der Waals surface area contributed by atoms with E-state index in [2.05, 4.69) is 5.32 Å². The van der Waals surface area contributed by atoms with Crippen molar-refractivity contribution < 1.29 is 4.74 Å². The van der Waals surface area contributed by atoms with Crippen LogP contribution in [-0.2, 0) is 4.74 Å². The van der Waals surface area contributed by atoms with Crippen molar-refractivity contribution in [1.82, 2.24) is 5.32 Å². The SMILES string of the molecule is COCCN[C@H]1CC[C@H](N)CC1. The van der Waals surface area contributed by atoms with E-state index >= 15 is 0 Å². The molecular formula is C9H20N2O. The van der Waals surface area contributed by atoms with E-state index in [-0.39, 0.29) is 0 Å². The molecule has 3 N–H and O–H groups in total. The summed E-state index contributed by atoms with van der Waals surface area (Å²) in [5, 5.41) is 3.46. The van der Waals surface area contributed by atoms with Gasteiger partial charge in [0.15, 0.2) is 0 Å². The summed E-state index contributed by atoms with van der Waals surface area (Å²) in [6.45, 7) is 1.78. The van der Waals surface area contributed by atoms with Crippen LogP contribution in [0.3, 0.4) is 0 Å². The van der Waals surface area contributed by atoms with Gasteiger partial charge in [-0.15, -0.1) is 0 Å². The quantitative estimate of drug-likeness (QED) is 0.607. The Hall–Kier alpha value is -0.120. The van der Waals surface area contributed by atoms with Crippen LogP contribution >= 0.6 is 0 Å². The molecule has 12 heavy (non-hydrogen) atoms. The third kappa shape index (κ3) is 3.52. The highest BCUT2D eigenvalue weighted by molar-refractivity contribution is 4.78. The lowest BCUT2D eigenvalue weighted by molar-refractivity contribution is 0.191. The van der Waals surface area contributed by atoms with Gasteiger partial charge in [0.1, 0.15) is 0 Å². The van der Waals surface area contributed by atoms with E-state index in [4.69, 9.17) is 10.5 Å². The molecule has 0 atom stereocenters. The molecule has 1 aliphatic rings. The maximum atomic E-state index is 5.80. The average molecular weight is 172 g/mol. The molecule has 1 rings (SSSR count). The Morgan fingerprint density at radius 2 is 2.00 bits per heavy atom. The van der Waals surface area contributed by atoms with Crippen molar-refractivity contribution in [3.63, 3.8) is 0 Å². The van der Waals surface area contributed by atoms with Gasteiger partial charge in [0.25, 0.3) is 0 Å². The molecule has 0 aliphatic heterocycles. The van der Waals surface area contributed by atoms with Gasteiger partial charge < -0.3 is 15.8 Å². The molecule has 0 unspecified atom stereocenters. The molecule has 3 heteroatoms. The third-order valence-electron chi connectivity index (χ3n) is 2.51. The monoisotopic (exact) mass is 172 g/mol. The maximum Gasteiger partial charge on any atom is 0.0587 e. The smallest absolute Gasteiger partial charge is 0.0587 e. The van der Waals surface area contributed by atoms with Crippen molar-refractivity contribution in [3.8, 4) is 0 Å². The van der Waals surface area contributed by atoms with Gasteiger partial charge in [-0.05, 0) is 25.7 Å². The summed E-state index contributed by atoms with van der Waals surface area (Å²) < 4.78 is 4.97. The molecule has 0 amide bonds. The zero-order chi connectivity index (χ0) is 8.81. The Kier molecular flexibility index (Phi) is 4.58. The Morgan fingerprint density at radius 1 is 1.33 bits per heavy atom. The second-order valence-electron chi connectivity index (χ2n) is 3.56. The fraction of sp³-hybridized carbons (Fsp3) is 1.00. The van der Waals surface area contributed by atoms with Crippen molar-refractivity contribution in [2.45, 2.75) is 37.8 Å². The van der Waals surface area contributed by atoms with Crippen molar-refractivity contribution >= 4 is 0 Å². The summed E-state index contributed by atoms with van der Waals surface area (Å²) in [5.41, 5.74) is 5.80. The molecule has 0 bridgehead atoms. The first-order chi connectivity index (χ1) is 5.83. The first kappa shape index (κ1) is 9.96. The number of methoxy groups -OCH3 is 1. The van der Waals surface area contributed by atoms with Gasteiger partial charge in [-0.25, -0.2) is 0 Å². The minimum Gasteiger partial charge on any atom is -0.383 e. The van der Waals surface area contributed by atoms with Crippen LogP contribution in [0, 0.1) is 0 Å². The Morgan fingerprint density at radius 3 is 2.58 bits per heavy atom. The molecule has 1 aliphatic carbocycles. The third-order valence-corrected chi connectivity index (χ3v) is 2.51. The normalized spacial score (nSPS) is 30.5. The first-order valence-corrected chi connectivity index (χ1v) is 4.81. The van der Waals surface area contributed by atoms with Crippen LogP contribution in [0.4, 0.5) is 0 Å². The van der Waals surface area contributed by atoms with E-state index in [0.29, 0.717) is 12.1 Å². The number of nitrogens with two attached hydrogens (primary N) is 1. The summed E-state index contributed by atoms with van der Waals surface area (Å²) >= 11 is 0. The van der Waals surface area contributed by atoms with Crippen LogP contribution in [0.2, 0.25) is 0 Å². The molecule has 0 saturated heterocycles. The highest BCUT2D eigenvalue weighted by atomic mass is 16.5. The van der Waals surface area contributed by atoms with Gasteiger partial charge in [0.05, 0.1) is 6.61 Å². The molecule has 0 aromatic carbocycles. The number of rotatable bonds is 4. The van der Waals surface area contributed by atoms with E-state index in [1.165, 1.54) is 25.7 Å². The van der Waals surface area contributed by atoms with Crippen molar-refractivity contribution in [1.29, 1.82) is 0 Å². The Labute approximate surface area is 74.7 Å². The summed E-state index contributed by atoms with van der Waals surface area (Å²) in [6, 6.07) is 1.13. The molecule has 0 spiro atoms. The van der Waals surface area contributed by atoms with Crippen LogP contribution in [0.25, 0.3) is 0 Å². The largest absolute Gasteiger partial charge is 0.383 e. The molecule has 72 valence electrons. The molecular weight excluding hydrogens is 152 g/mol. The van der Waals surface area contributed by atoms with Gasteiger partial charge in [0, 0.05) is 25.7 Å². The highest BCUT2D eigenvalue weighted by Crippen LogP contribution is 2.16. The van der Waals surface area contributed by atoms with Gasteiger partial charge in [-0.3, -0.25) is 0 Å². The van der Waals surface area contributed by atoms with Gasteiger partial charge in [0.2, 0.25) is 0 Å². The fourth-order valence-electron chi connectivity index (χ4n) is 1.69. The van der Waals surface area contributed by atoms with Crippen LogP contribution in [0.15, 0.2) is 0 Å². The molecule has 0 radical (unpaired) electrons. The topological polar surface area (TPSA) is 47.3 Å². The zero-order valence-corrected chi connectivity index (χ0v) is 7.88. The predicted octanol–water partition coefficient (Wildman–Crippen LogP) is 0.492. The second-order valence-corrected chi connectivity index (χ2v) is 3.56. The molecule has 1 saturated carbocycles. The van der Waals surface area contributed by atoms with Gasteiger partial charge in [-0.2, -0.15) is 0 Å². The summed E-state index contributed by atoms with van der Waals surface area (Å²) in [4.78, 5) is 0. The van der Waals surface area contributed by atoms with Crippen molar-refractivity contribution in [2.75, 3.05) is 20.3 Å². The number of hydrogen-bond acceptors (Lipinski definition) is 3. The van der Waals surface area contributed by atoms with Crippen molar-refractivity contribution in [3.05, 3.63) is 0 Å². The van der Waals surface area contributed by atoms with Gasteiger partial charge in [-0.1, -0.05) is 0 Å². The number of ether oxygens (including phenoxy) is 1. The minimum atomic E-state index is 0.450. The lowest BCUT2D eigenvalue weighted by Gasteiger charge is -2.26. The highest BCUT2D eigenvalue weighted by Gasteiger charge is 2.17. The predicted molar refractivity (Wildman–Crippen MR) is 50.1 cm³/mol. The fourth-order valence-corrected chi connectivity index (χ4v) is 1.69. The van der Waals surface area contributed by atoms with Crippen molar-refractivity contribution in [2.24, 2.45) is 5.73 Å². The van der Waals surface area contributed by atoms with E-state index in [9.17, 15) is 0 Å². The van der Waals surface area contributed by atoms with Crippen LogP contribution in [-0.4, -0.2) is 32.3 Å². The summed E-state index contributed by atoms with van der Waals surface area (Å²) in [7, 11) is 1.73. The summed E-state index contributed by atoms with van der Waals surface area (Å²) in [6.07, 6.45) is 4.80.